The van der Waals surface area contributed by atoms with E-state index in [4.69, 9.17) is 18.9 Å². The normalized spacial score (nSPS) is 29.3. The van der Waals surface area contributed by atoms with Crippen molar-refractivity contribution < 1.29 is 43.5 Å². The predicted molar refractivity (Wildman–Crippen MR) is 137 cm³/mol. The standard InChI is InChI=1S/C29H40O9/c1-6-8-9-10-19-11-17-12-20(30)24(26(32)33)25-23(17)21(37-19)14-29(38-25)16(3)18(15-36-29)13-22(31)28(4,7-2)27(34)35-5/h12,16,18-19,21,30H,6-11,13-15H2,1-5H3,(H,32,33)/t16-,18+,19+,21-,28+,29-/m0/s1. The molecule has 1 saturated heterocycles. The predicted octanol–water partition coefficient (Wildman–Crippen LogP) is 4.96. The number of ketones is 1. The number of ether oxygens (including phenoxy) is 4. The number of benzene rings is 1. The van der Waals surface area contributed by atoms with Crippen molar-refractivity contribution in [3.8, 4) is 11.5 Å². The van der Waals surface area contributed by atoms with Crippen LogP contribution in [-0.2, 0) is 30.2 Å². The van der Waals surface area contributed by atoms with Crippen LogP contribution in [0.2, 0.25) is 0 Å². The first-order valence-corrected chi connectivity index (χ1v) is 13.7. The fourth-order valence-electron chi connectivity index (χ4n) is 6.19. The van der Waals surface area contributed by atoms with Gasteiger partial charge in [0, 0.05) is 24.3 Å². The molecule has 4 rings (SSSR count). The highest BCUT2D eigenvalue weighted by Gasteiger charge is 2.57. The molecular weight excluding hydrogens is 492 g/mol. The summed E-state index contributed by atoms with van der Waals surface area (Å²) in [5.41, 5.74) is -0.0542. The summed E-state index contributed by atoms with van der Waals surface area (Å²) in [7, 11) is 1.27. The van der Waals surface area contributed by atoms with Gasteiger partial charge in [-0.3, -0.25) is 9.59 Å². The molecule has 6 atom stereocenters. The maximum atomic E-state index is 13.3. The SMILES string of the molecule is CCCCC[C@@H]1Cc2cc(O)c(C(=O)O)c3c2[C@H](C[C@]2(OC[C@@H](CC(=O)[C@@](C)(CC)C(=O)OC)[C@@H]2C)O3)O1. The van der Waals surface area contributed by atoms with Crippen LogP contribution in [0.3, 0.4) is 0 Å². The van der Waals surface area contributed by atoms with Gasteiger partial charge < -0.3 is 29.2 Å². The van der Waals surface area contributed by atoms with Crippen LogP contribution >= 0.6 is 0 Å². The van der Waals surface area contributed by atoms with Crippen molar-refractivity contribution >= 4 is 17.7 Å². The molecule has 0 unspecified atom stereocenters. The largest absolute Gasteiger partial charge is 0.507 e. The van der Waals surface area contributed by atoms with Crippen molar-refractivity contribution in [3.63, 3.8) is 0 Å². The topological polar surface area (TPSA) is 129 Å². The second-order valence-corrected chi connectivity index (χ2v) is 11.2. The average molecular weight is 533 g/mol. The molecule has 9 nitrogen and oxygen atoms in total. The van der Waals surface area contributed by atoms with Gasteiger partial charge in [-0.25, -0.2) is 4.79 Å². The second kappa shape index (κ2) is 10.8. The molecule has 0 saturated carbocycles. The highest BCUT2D eigenvalue weighted by Crippen LogP contribution is 2.56. The van der Waals surface area contributed by atoms with Crippen LogP contribution in [-0.4, -0.2) is 53.5 Å². The van der Waals surface area contributed by atoms with Gasteiger partial charge in [0.2, 0.25) is 5.79 Å². The third-order valence-corrected chi connectivity index (χ3v) is 8.95. The number of esters is 1. The number of carbonyl (C=O) groups is 3. The van der Waals surface area contributed by atoms with Gasteiger partial charge in [0.25, 0.3) is 0 Å². The molecule has 0 aliphatic carbocycles. The van der Waals surface area contributed by atoms with E-state index in [1.165, 1.54) is 13.2 Å². The number of unbranched alkanes of at least 4 members (excludes halogenated alkanes) is 2. The van der Waals surface area contributed by atoms with Crippen molar-refractivity contribution in [2.45, 2.75) is 97.1 Å². The summed E-state index contributed by atoms with van der Waals surface area (Å²) in [5, 5.41) is 20.6. The minimum absolute atomic E-state index is 0.0588. The molecule has 0 aromatic heterocycles. The fraction of sp³-hybridized carbons (Fsp3) is 0.690. The minimum atomic E-state index is -1.30. The van der Waals surface area contributed by atoms with Gasteiger partial charge in [-0.1, -0.05) is 40.0 Å². The maximum Gasteiger partial charge on any atom is 0.343 e. The highest BCUT2D eigenvalue weighted by molar-refractivity contribution is 6.03. The van der Waals surface area contributed by atoms with E-state index in [0.29, 0.717) is 24.8 Å². The monoisotopic (exact) mass is 532 g/mol. The van der Waals surface area contributed by atoms with Gasteiger partial charge in [-0.15, -0.1) is 0 Å². The Balaban J connectivity index is 1.65. The molecule has 38 heavy (non-hydrogen) atoms. The first kappa shape index (κ1) is 28.4. The molecule has 1 aromatic carbocycles. The third kappa shape index (κ3) is 4.79. The lowest BCUT2D eigenvalue weighted by Gasteiger charge is -2.46. The Bertz CT molecular complexity index is 1100. The molecule has 0 radical (unpaired) electrons. The maximum absolute atomic E-state index is 13.3. The first-order valence-electron chi connectivity index (χ1n) is 13.7. The van der Waals surface area contributed by atoms with E-state index >= 15 is 0 Å². The summed E-state index contributed by atoms with van der Waals surface area (Å²) < 4.78 is 24.1. The van der Waals surface area contributed by atoms with Crippen molar-refractivity contribution in [1.82, 2.24) is 0 Å². The van der Waals surface area contributed by atoms with E-state index in [9.17, 15) is 24.6 Å². The van der Waals surface area contributed by atoms with Crippen molar-refractivity contribution in [2.75, 3.05) is 13.7 Å². The Labute approximate surface area is 223 Å². The zero-order valence-corrected chi connectivity index (χ0v) is 23.0. The number of hydrogen-bond donors (Lipinski definition) is 2. The molecular formula is C29H40O9. The number of hydrogen-bond acceptors (Lipinski definition) is 8. The molecule has 3 aliphatic rings. The number of phenols is 1. The third-order valence-electron chi connectivity index (χ3n) is 8.95. The van der Waals surface area contributed by atoms with Crippen LogP contribution < -0.4 is 4.74 Å². The molecule has 0 amide bonds. The summed E-state index contributed by atoms with van der Waals surface area (Å²) in [4.78, 5) is 37.8. The van der Waals surface area contributed by atoms with Gasteiger partial charge in [-0.05, 0) is 43.7 Å². The van der Waals surface area contributed by atoms with Crippen LogP contribution in [0.15, 0.2) is 6.07 Å². The zero-order valence-electron chi connectivity index (χ0n) is 23.0. The number of aromatic carboxylic acids is 1. The second-order valence-electron chi connectivity index (χ2n) is 11.2. The Kier molecular flexibility index (Phi) is 8.09. The van der Waals surface area contributed by atoms with Crippen molar-refractivity contribution in [2.24, 2.45) is 17.3 Å². The Morgan fingerprint density at radius 1 is 1.24 bits per heavy atom. The van der Waals surface area contributed by atoms with Crippen LogP contribution in [0, 0.1) is 17.3 Å². The number of methoxy groups -OCH3 is 1. The molecule has 210 valence electrons. The van der Waals surface area contributed by atoms with E-state index < -0.39 is 29.2 Å². The smallest absolute Gasteiger partial charge is 0.343 e. The van der Waals surface area contributed by atoms with Gasteiger partial charge in [0.1, 0.15) is 28.3 Å². The van der Waals surface area contributed by atoms with Gasteiger partial charge in [-0.2, -0.15) is 0 Å². The van der Waals surface area contributed by atoms with E-state index in [2.05, 4.69) is 6.92 Å². The summed E-state index contributed by atoms with van der Waals surface area (Å²) in [6.45, 7) is 7.65. The van der Waals surface area contributed by atoms with E-state index in [1.807, 2.05) is 6.92 Å². The minimum Gasteiger partial charge on any atom is -0.507 e. The summed E-state index contributed by atoms with van der Waals surface area (Å²) >= 11 is 0. The molecule has 3 heterocycles. The first-order chi connectivity index (χ1) is 18.0. The summed E-state index contributed by atoms with van der Waals surface area (Å²) in [6.07, 6.45) is 4.88. The van der Waals surface area contributed by atoms with Gasteiger partial charge in [0.05, 0.1) is 25.9 Å². The van der Waals surface area contributed by atoms with Crippen molar-refractivity contribution in [3.05, 3.63) is 22.8 Å². The molecule has 9 heteroatoms. The lowest BCUT2D eigenvalue weighted by molar-refractivity contribution is -0.214. The van der Waals surface area contributed by atoms with Gasteiger partial charge in [0.15, 0.2) is 0 Å². The quantitative estimate of drug-likeness (QED) is 0.244. The van der Waals surface area contributed by atoms with Crippen LogP contribution in [0.25, 0.3) is 0 Å². The highest BCUT2D eigenvalue weighted by atomic mass is 16.7. The number of carboxylic acids is 1. The molecule has 1 fully saturated rings. The number of rotatable bonds is 10. The van der Waals surface area contributed by atoms with Crippen LogP contribution in [0.5, 0.6) is 11.5 Å². The number of carboxylic acid groups (broad SMARTS) is 1. The Morgan fingerprint density at radius 2 is 1.97 bits per heavy atom. The van der Waals surface area contributed by atoms with E-state index in [-0.39, 0.29) is 53.8 Å². The molecule has 0 bridgehead atoms. The van der Waals surface area contributed by atoms with Gasteiger partial charge >= 0.3 is 11.9 Å². The van der Waals surface area contributed by atoms with Crippen LogP contribution in [0.1, 0.15) is 100 Å². The lowest BCUT2D eigenvalue weighted by atomic mass is 9.75. The summed E-state index contributed by atoms with van der Waals surface area (Å²) in [6, 6.07) is 1.53. The molecule has 1 aromatic rings. The molecule has 3 aliphatic heterocycles. The van der Waals surface area contributed by atoms with Crippen LogP contribution in [0.4, 0.5) is 0 Å². The molecule has 2 N–H and O–H groups in total. The lowest BCUT2D eigenvalue weighted by Crippen LogP contribution is -2.48. The summed E-state index contributed by atoms with van der Waals surface area (Å²) in [5.74, 6) is -4.13. The number of carbonyl (C=O) groups excluding carboxylic acids is 2. The number of Topliss-reactive ketones (excluding diaryl/α,β-unsaturated/α-hetero) is 1. The van der Waals surface area contributed by atoms with Crippen molar-refractivity contribution in [1.29, 1.82) is 0 Å². The Hall–Kier alpha value is -2.65. The zero-order chi connectivity index (χ0) is 27.8. The molecule has 1 spiro atoms. The number of aromatic hydroxyl groups is 1. The van der Waals surface area contributed by atoms with E-state index in [0.717, 1.165) is 31.2 Å². The van der Waals surface area contributed by atoms with E-state index in [1.54, 1.807) is 13.8 Å². The fourth-order valence-corrected chi connectivity index (χ4v) is 6.19. The average Bonchev–Trinajstić information content (AvgIpc) is 3.16. The Morgan fingerprint density at radius 3 is 2.61 bits per heavy atom.